The van der Waals surface area contributed by atoms with Gasteiger partial charge in [-0.3, -0.25) is 0 Å². The van der Waals surface area contributed by atoms with E-state index in [2.05, 4.69) is 278 Å². The summed E-state index contributed by atoms with van der Waals surface area (Å²) in [5.41, 5.74) is 19.8. The molecule has 0 atom stereocenters. The van der Waals surface area contributed by atoms with Crippen LogP contribution < -0.4 is 4.90 Å². The number of fused-ring (bicyclic) bond motifs is 4. The minimum Gasteiger partial charge on any atom is -0.310 e. The van der Waals surface area contributed by atoms with Crippen LogP contribution in [0.5, 0.6) is 0 Å². The van der Waals surface area contributed by atoms with Gasteiger partial charge in [-0.25, -0.2) is 0 Å². The molecule has 0 radical (unpaired) electrons. The Kier molecular flexibility index (Phi) is 9.81. The highest BCUT2D eigenvalue weighted by molar-refractivity contribution is 5.99. The first-order chi connectivity index (χ1) is 32.7. The van der Waals surface area contributed by atoms with Gasteiger partial charge in [-0.05, 0) is 126 Å². The van der Waals surface area contributed by atoms with Crippen LogP contribution in [-0.4, -0.2) is 0 Å². The van der Waals surface area contributed by atoms with E-state index in [0.717, 1.165) is 28.2 Å². The molecule has 11 aromatic rings. The Labute approximate surface area is 387 Å². The van der Waals surface area contributed by atoms with Gasteiger partial charge in [0.1, 0.15) is 0 Å². The molecule has 66 heavy (non-hydrogen) atoms. The van der Waals surface area contributed by atoms with Gasteiger partial charge < -0.3 is 4.90 Å². The number of benzene rings is 11. The summed E-state index contributed by atoms with van der Waals surface area (Å²) in [5.74, 6) is 0. The fourth-order valence-electron chi connectivity index (χ4n) is 10.6. The molecule has 0 aromatic heterocycles. The lowest BCUT2D eigenvalue weighted by atomic mass is 9.68. The zero-order valence-electron chi connectivity index (χ0n) is 36.4. The Morgan fingerprint density at radius 1 is 0.273 bits per heavy atom. The van der Waals surface area contributed by atoms with Gasteiger partial charge in [0, 0.05) is 16.9 Å². The van der Waals surface area contributed by atoms with Gasteiger partial charge in [0.2, 0.25) is 0 Å². The Hall–Kier alpha value is -8.52. The summed E-state index contributed by atoms with van der Waals surface area (Å²) in [5, 5.41) is 2.51. The third-order valence-corrected chi connectivity index (χ3v) is 13.5. The van der Waals surface area contributed by atoms with Crippen molar-refractivity contribution in [2.45, 2.75) is 5.41 Å². The molecule has 1 heteroatoms. The molecule has 0 unspecified atom stereocenters. The van der Waals surface area contributed by atoms with E-state index in [1.54, 1.807) is 0 Å². The smallest absolute Gasteiger partial charge is 0.0714 e. The summed E-state index contributed by atoms with van der Waals surface area (Å²) >= 11 is 0. The van der Waals surface area contributed by atoms with E-state index in [4.69, 9.17) is 0 Å². The van der Waals surface area contributed by atoms with Crippen molar-refractivity contribution in [2.75, 3.05) is 4.90 Å². The van der Waals surface area contributed by atoms with E-state index < -0.39 is 5.41 Å². The highest BCUT2D eigenvalue weighted by atomic mass is 15.1. The quantitative estimate of drug-likeness (QED) is 0.140. The summed E-state index contributed by atoms with van der Waals surface area (Å²) in [4.78, 5) is 2.50. The molecule has 0 spiro atoms. The summed E-state index contributed by atoms with van der Waals surface area (Å²) in [6, 6.07) is 100. The van der Waals surface area contributed by atoms with Crippen molar-refractivity contribution >= 4 is 27.8 Å². The number of hydrogen-bond acceptors (Lipinski definition) is 1. The molecular formula is C65H45N. The minimum atomic E-state index is -0.532. The van der Waals surface area contributed by atoms with Crippen LogP contribution in [0.3, 0.4) is 0 Å². The SMILES string of the molecule is c1ccc(-c2cc(-c3ccccc3)cc(N(c3ccc(-c4cccc(-c5cccc6ccccc56)c4)cc3)c3cccc4c3-c3ccccc3C4(c3ccccc3)c3ccccc3)c2)cc1. The normalized spacial score (nSPS) is 12.4. The molecule has 11 aromatic carbocycles. The Bertz CT molecular complexity index is 3400. The zero-order valence-corrected chi connectivity index (χ0v) is 36.4. The lowest BCUT2D eigenvalue weighted by molar-refractivity contribution is 0.768. The van der Waals surface area contributed by atoms with E-state index >= 15 is 0 Å². The summed E-state index contributed by atoms with van der Waals surface area (Å²) in [6.45, 7) is 0. The largest absolute Gasteiger partial charge is 0.310 e. The van der Waals surface area contributed by atoms with E-state index in [1.807, 2.05) is 0 Å². The highest BCUT2D eigenvalue weighted by Gasteiger charge is 2.47. The summed E-state index contributed by atoms with van der Waals surface area (Å²) in [6.07, 6.45) is 0. The van der Waals surface area contributed by atoms with Gasteiger partial charge >= 0.3 is 0 Å². The molecular weight excluding hydrogens is 795 g/mol. The molecule has 310 valence electrons. The molecule has 0 heterocycles. The van der Waals surface area contributed by atoms with Crippen molar-refractivity contribution in [2.24, 2.45) is 0 Å². The van der Waals surface area contributed by atoms with Crippen molar-refractivity contribution in [3.8, 4) is 55.6 Å². The van der Waals surface area contributed by atoms with Crippen molar-refractivity contribution < 1.29 is 0 Å². The second-order valence-electron chi connectivity index (χ2n) is 17.2. The Morgan fingerprint density at radius 3 is 1.42 bits per heavy atom. The average Bonchev–Trinajstić information content (AvgIpc) is 3.71. The van der Waals surface area contributed by atoms with Gasteiger partial charge in [0.15, 0.2) is 0 Å². The summed E-state index contributed by atoms with van der Waals surface area (Å²) < 4.78 is 0. The lowest BCUT2D eigenvalue weighted by Crippen LogP contribution is -2.28. The van der Waals surface area contributed by atoms with Crippen LogP contribution in [0.2, 0.25) is 0 Å². The molecule has 0 aliphatic heterocycles. The monoisotopic (exact) mass is 839 g/mol. The predicted molar refractivity (Wildman–Crippen MR) is 278 cm³/mol. The fraction of sp³-hybridized carbons (Fsp3) is 0.0154. The molecule has 12 rings (SSSR count). The van der Waals surface area contributed by atoms with Crippen molar-refractivity contribution in [3.05, 3.63) is 295 Å². The van der Waals surface area contributed by atoms with Crippen LogP contribution in [0.1, 0.15) is 22.3 Å². The topological polar surface area (TPSA) is 3.24 Å². The first-order valence-electron chi connectivity index (χ1n) is 22.8. The predicted octanol–water partition coefficient (Wildman–Crippen LogP) is 17.3. The highest BCUT2D eigenvalue weighted by Crippen LogP contribution is 2.59. The van der Waals surface area contributed by atoms with E-state index in [-0.39, 0.29) is 0 Å². The Morgan fingerprint density at radius 2 is 0.742 bits per heavy atom. The first-order valence-corrected chi connectivity index (χ1v) is 22.8. The molecule has 0 bridgehead atoms. The maximum absolute atomic E-state index is 2.50. The molecule has 0 saturated carbocycles. The maximum atomic E-state index is 2.50. The number of nitrogens with zero attached hydrogens (tertiary/aromatic N) is 1. The van der Waals surface area contributed by atoms with Crippen LogP contribution in [0.25, 0.3) is 66.4 Å². The van der Waals surface area contributed by atoms with Crippen LogP contribution in [0.15, 0.2) is 273 Å². The molecule has 1 aliphatic rings. The van der Waals surface area contributed by atoms with Gasteiger partial charge in [0.25, 0.3) is 0 Å². The molecule has 1 aliphatic carbocycles. The lowest BCUT2D eigenvalue weighted by Gasteiger charge is -2.34. The van der Waals surface area contributed by atoms with Gasteiger partial charge in [0.05, 0.1) is 11.1 Å². The summed E-state index contributed by atoms with van der Waals surface area (Å²) in [7, 11) is 0. The second-order valence-corrected chi connectivity index (χ2v) is 17.2. The fourth-order valence-corrected chi connectivity index (χ4v) is 10.6. The van der Waals surface area contributed by atoms with Crippen LogP contribution >= 0.6 is 0 Å². The van der Waals surface area contributed by atoms with Crippen molar-refractivity contribution in [1.29, 1.82) is 0 Å². The van der Waals surface area contributed by atoms with Crippen molar-refractivity contribution in [1.82, 2.24) is 0 Å². The number of rotatable bonds is 9. The van der Waals surface area contributed by atoms with Crippen LogP contribution in [-0.2, 0) is 5.41 Å². The van der Waals surface area contributed by atoms with Gasteiger partial charge in [-0.2, -0.15) is 0 Å². The first kappa shape index (κ1) is 39.1. The standard InChI is InChI=1S/C65H45N/c1-5-20-46(21-6-1)52-43-53(47-22-7-2-8-23-47)45-57(44-52)66(56-40-38-48(39-41-56)50-26-17-27-51(42-50)59-34-18-25-49-24-13-14-32-58(49)59)63-37-19-36-62-64(63)60-33-15-16-35-61(60)65(62,54-28-9-3-10-29-54)55-30-11-4-12-31-55/h1-45H. The van der Waals surface area contributed by atoms with E-state index in [1.165, 1.54) is 77.5 Å². The minimum absolute atomic E-state index is 0.532. The maximum Gasteiger partial charge on any atom is 0.0714 e. The second kappa shape index (κ2) is 16.6. The van der Waals surface area contributed by atoms with Crippen molar-refractivity contribution in [3.63, 3.8) is 0 Å². The van der Waals surface area contributed by atoms with E-state index in [0.29, 0.717) is 0 Å². The molecule has 0 N–H and O–H groups in total. The molecule has 0 fully saturated rings. The molecule has 0 saturated heterocycles. The van der Waals surface area contributed by atoms with Gasteiger partial charge in [-0.15, -0.1) is 0 Å². The van der Waals surface area contributed by atoms with Crippen LogP contribution in [0.4, 0.5) is 17.1 Å². The van der Waals surface area contributed by atoms with Crippen LogP contribution in [0, 0.1) is 0 Å². The van der Waals surface area contributed by atoms with E-state index in [9.17, 15) is 0 Å². The molecule has 0 amide bonds. The third kappa shape index (κ3) is 6.64. The zero-order chi connectivity index (χ0) is 43.9. The molecule has 1 nitrogen and oxygen atoms in total. The number of hydrogen-bond donors (Lipinski definition) is 0. The number of anilines is 3. The average molecular weight is 840 g/mol. The van der Waals surface area contributed by atoms with Gasteiger partial charge in [-0.1, -0.05) is 231 Å². The Balaban J connectivity index is 1.09. The third-order valence-electron chi connectivity index (χ3n) is 13.5.